The number of halogens is 1. The molecule has 0 radical (unpaired) electrons. The van der Waals surface area contributed by atoms with Crippen LogP contribution in [0.3, 0.4) is 0 Å². The van der Waals surface area contributed by atoms with Crippen LogP contribution in [0.5, 0.6) is 0 Å². The molecular weight excluding hydrogens is 408 g/mol. The molecule has 1 fully saturated rings. The predicted molar refractivity (Wildman–Crippen MR) is 130 cm³/mol. The number of piperidine rings is 1. The molecule has 7 heteroatoms. The lowest BCUT2D eigenvalue weighted by atomic mass is 9.85. The van der Waals surface area contributed by atoms with E-state index in [4.69, 9.17) is 11.6 Å². The van der Waals surface area contributed by atoms with E-state index in [-0.39, 0.29) is 0 Å². The van der Waals surface area contributed by atoms with Crippen molar-refractivity contribution >= 4 is 17.6 Å². The van der Waals surface area contributed by atoms with Crippen molar-refractivity contribution in [2.75, 3.05) is 27.2 Å². The summed E-state index contributed by atoms with van der Waals surface area (Å²) in [6, 6.07) is 8.65. The van der Waals surface area contributed by atoms with Crippen molar-refractivity contribution in [3.05, 3.63) is 51.8 Å². The van der Waals surface area contributed by atoms with Crippen LogP contribution >= 0.6 is 11.6 Å². The van der Waals surface area contributed by atoms with E-state index in [0.717, 1.165) is 49.2 Å². The molecule has 0 saturated carbocycles. The summed E-state index contributed by atoms with van der Waals surface area (Å²) in [5.41, 5.74) is 5.04. The van der Waals surface area contributed by atoms with Crippen molar-refractivity contribution in [1.29, 1.82) is 0 Å². The number of nitrogens with zero attached hydrogens (tertiary/aromatic N) is 4. The van der Waals surface area contributed by atoms with E-state index in [9.17, 15) is 0 Å². The molecule has 31 heavy (non-hydrogen) atoms. The summed E-state index contributed by atoms with van der Waals surface area (Å²) in [4.78, 5) is 6.92. The Bertz CT molecular complexity index is 890. The molecule has 170 valence electrons. The maximum Gasteiger partial charge on any atom is 0.191 e. The van der Waals surface area contributed by atoms with E-state index in [2.05, 4.69) is 64.7 Å². The Kier molecular flexibility index (Phi) is 8.38. The van der Waals surface area contributed by atoms with Crippen LogP contribution in [0.2, 0.25) is 5.02 Å². The zero-order valence-corrected chi connectivity index (χ0v) is 20.3. The molecule has 2 unspecified atom stereocenters. The SMILES string of the molecule is CCc1nn(C)c(CC)c1CNC(=NC)NCC1CCCN(C)C1c1cccc(Cl)c1. The Labute approximate surface area is 192 Å². The molecule has 0 aliphatic carbocycles. The average molecular weight is 445 g/mol. The molecule has 1 aromatic carbocycles. The maximum absolute atomic E-state index is 6.29. The van der Waals surface area contributed by atoms with E-state index in [1.165, 1.54) is 29.7 Å². The molecule has 1 aliphatic heterocycles. The molecule has 1 saturated heterocycles. The monoisotopic (exact) mass is 444 g/mol. The number of hydrogen-bond donors (Lipinski definition) is 2. The number of benzene rings is 1. The van der Waals surface area contributed by atoms with Crippen molar-refractivity contribution in [1.82, 2.24) is 25.3 Å². The van der Waals surface area contributed by atoms with Gasteiger partial charge in [-0.05, 0) is 62.9 Å². The highest BCUT2D eigenvalue weighted by molar-refractivity contribution is 6.30. The zero-order chi connectivity index (χ0) is 22.4. The fourth-order valence-electron chi connectivity index (χ4n) is 4.91. The number of guanidine groups is 1. The van der Waals surface area contributed by atoms with E-state index >= 15 is 0 Å². The molecule has 0 spiro atoms. The van der Waals surface area contributed by atoms with Crippen LogP contribution in [0.25, 0.3) is 0 Å². The summed E-state index contributed by atoms with van der Waals surface area (Å²) in [7, 11) is 6.08. The molecule has 1 aromatic heterocycles. The van der Waals surface area contributed by atoms with E-state index < -0.39 is 0 Å². The second-order valence-corrected chi connectivity index (χ2v) is 8.83. The molecular formula is C24H37ClN6. The number of rotatable bonds is 7. The van der Waals surface area contributed by atoms with Gasteiger partial charge < -0.3 is 10.6 Å². The summed E-state index contributed by atoms with van der Waals surface area (Å²) < 4.78 is 2.01. The van der Waals surface area contributed by atoms with Crippen molar-refractivity contribution in [2.45, 2.75) is 52.1 Å². The maximum atomic E-state index is 6.29. The van der Waals surface area contributed by atoms with Gasteiger partial charge in [-0.3, -0.25) is 14.6 Å². The Hall–Kier alpha value is -2.05. The fourth-order valence-corrected chi connectivity index (χ4v) is 5.10. The standard InChI is InChI=1S/C24H37ClN6/c1-6-21-20(22(7-2)31(5)29-21)16-28-24(26-3)27-15-18-11-9-13-30(4)23(18)17-10-8-12-19(25)14-17/h8,10,12,14,18,23H,6-7,9,11,13,15-16H2,1-5H3,(H2,26,27,28). The number of aromatic nitrogens is 2. The van der Waals surface area contributed by atoms with Gasteiger partial charge in [0.1, 0.15) is 0 Å². The smallest absolute Gasteiger partial charge is 0.191 e. The van der Waals surface area contributed by atoms with Gasteiger partial charge in [-0.25, -0.2) is 0 Å². The summed E-state index contributed by atoms with van der Waals surface area (Å²) in [6.07, 6.45) is 4.31. The van der Waals surface area contributed by atoms with E-state index in [1.807, 2.05) is 24.8 Å². The predicted octanol–water partition coefficient (Wildman–Crippen LogP) is 3.95. The van der Waals surface area contributed by atoms with Crippen LogP contribution < -0.4 is 10.6 Å². The number of aliphatic imine (C=N–C) groups is 1. The summed E-state index contributed by atoms with van der Waals surface area (Å²) >= 11 is 6.29. The van der Waals surface area contributed by atoms with Crippen LogP contribution in [0.15, 0.2) is 29.3 Å². The van der Waals surface area contributed by atoms with Crippen LogP contribution in [0.1, 0.15) is 55.2 Å². The van der Waals surface area contributed by atoms with Gasteiger partial charge in [0, 0.05) is 49.5 Å². The molecule has 6 nitrogen and oxygen atoms in total. The largest absolute Gasteiger partial charge is 0.356 e. The molecule has 2 N–H and O–H groups in total. The lowest BCUT2D eigenvalue weighted by Crippen LogP contribution is -2.45. The quantitative estimate of drug-likeness (QED) is 0.501. The Balaban J connectivity index is 1.66. The summed E-state index contributed by atoms with van der Waals surface area (Å²) in [6.45, 7) is 7.06. The molecule has 2 heterocycles. The summed E-state index contributed by atoms with van der Waals surface area (Å²) in [5, 5.41) is 12.6. The minimum atomic E-state index is 0.356. The lowest BCUT2D eigenvalue weighted by molar-refractivity contribution is 0.122. The van der Waals surface area contributed by atoms with E-state index in [1.54, 1.807) is 0 Å². The molecule has 2 atom stereocenters. The van der Waals surface area contributed by atoms with Gasteiger partial charge in [0.2, 0.25) is 0 Å². The highest BCUT2D eigenvalue weighted by Crippen LogP contribution is 2.35. The van der Waals surface area contributed by atoms with Gasteiger partial charge in [-0.1, -0.05) is 37.6 Å². The van der Waals surface area contributed by atoms with Crippen LogP contribution in [-0.4, -0.2) is 47.8 Å². The third kappa shape index (κ3) is 5.60. The first-order valence-electron chi connectivity index (χ1n) is 11.4. The van der Waals surface area contributed by atoms with Gasteiger partial charge >= 0.3 is 0 Å². The summed E-state index contributed by atoms with van der Waals surface area (Å²) in [5.74, 6) is 1.33. The number of aryl methyl sites for hydroxylation is 2. The average Bonchev–Trinajstić information content (AvgIpc) is 3.08. The first-order chi connectivity index (χ1) is 15.0. The number of hydrogen-bond acceptors (Lipinski definition) is 3. The Morgan fingerprint density at radius 2 is 2.03 bits per heavy atom. The van der Waals surface area contributed by atoms with Gasteiger partial charge in [-0.2, -0.15) is 5.10 Å². The lowest BCUT2D eigenvalue weighted by Gasteiger charge is -2.40. The number of nitrogens with one attached hydrogen (secondary N) is 2. The second-order valence-electron chi connectivity index (χ2n) is 8.39. The van der Waals surface area contributed by atoms with Crippen LogP contribution in [0.4, 0.5) is 0 Å². The van der Waals surface area contributed by atoms with Gasteiger partial charge in [-0.15, -0.1) is 0 Å². The highest BCUT2D eigenvalue weighted by Gasteiger charge is 2.30. The molecule has 0 bridgehead atoms. The molecule has 2 aromatic rings. The van der Waals surface area contributed by atoms with Gasteiger partial charge in [0.05, 0.1) is 5.69 Å². The minimum absolute atomic E-state index is 0.356. The normalized spacial score (nSPS) is 20.1. The second kappa shape index (κ2) is 11.0. The van der Waals surface area contributed by atoms with Crippen LogP contribution in [-0.2, 0) is 26.4 Å². The molecule has 3 rings (SSSR count). The Morgan fingerprint density at radius 1 is 1.23 bits per heavy atom. The molecule has 0 amide bonds. The van der Waals surface area contributed by atoms with Crippen molar-refractivity contribution < 1.29 is 0 Å². The third-order valence-electron chi connectivity index (χ3n) is 6.41. The first-order valence-corrected chi connectivity index (χ1v) is 11.8. The van der Waals surface area contributed by atoms with Gasteiger partial charge in [0.25, 0.3) is 0 Å². The third-order valence-corrected chi connectivity index (χ3v) is 6.65. The van der Waals surface area contributed by atoms with Gasteiger partial charge in [0.15, 0.2) is 5.96 Å². The first kappa shape index (κ1) is 23.6. The topological polar surface area (TPSA) is 57.5 Å². The number of likely N-dealkylation sites (tertiary alicyclic amines) is 1. The molecule has 1 aliphatic rings. The van der Waals surface area contributed by atoms with Crippen molar-refractivity contribution in [3.63, 3.8) is 0 Å². The Morgan fingerprint density at radius 3 is 2.71 bits per heavy atom. The van der Waals surface area contributed by atoms with Crippen LogP contribution in [0, 0.1) is 5.92 Å². The zero-order valence-electron chi connectivity index (χ0n) is 19.6. The highest BCUT2D eigenvalue weighted by atomic mass is 35.5. The van der Waals surface area contributed by atoms with Crippen molar-refractivity contribution in [3.8, 4) is 0 Å². The van der Waals surface area contributed by atoms with Crippen molar-refractivity contribution in [2.24, 2.45) is 18.0 Å². The fraction of sp³-hybridized carbons (Fsp3) is 0.583. The van der Waals surface area contributed by atoms with E-state index in [0.29, 0.717) is 12.0 Å². The minimum Gasteiger partial charge on any atom is -0.356 e.